The van der Waals surface area contributed by atoms with Crippen molar-refractivity contribution in [1.82, 2.24) is 4.98 Å². The zero-order chi connectivity index (χ0) is 17.3. The molecule has 0 bridgehead atoms. The summed E-state index contributed by atoms with van der Waals surface area (Å²) in [6, 6.07) is 11.8. The molecule has 2 aromatic carbocycles. The second kappa shape index (κ2) is 6.25. The molecule has 3 rings (SSSR count). The van der Waals surface area contributed by atoms with Crippen molar-refractivity contribution >= 4 is 34.2 Å². The van der Waals surface area contributed by atoms with Gasteiger partial charge in [-0.25, -0.2) is 4.98 Å². The second-order valence-corrected chi connectivity index (χ2v) is 5.51. The lowest BCUT2D eigenvalue weighted by Crippen LogP contribution is -2.24. The maximum absolute atomic E-state index is 14.1. The fraction of sp³-hybridized carbons (Fsp3) is 0. The standard InChI is InChI=1S/C17H12ClFN4O/c18-11-7-14(15(19)22-8-11)12-3-1-2-9-4-5-10(6-13(9)12)16(24)23-17(20)21/h1-8H,(H4,20,21,23,24). The Morgan fingerprint density at radius 3 is 2.67 bits per heavy atom. The number of carbonyl (C=O) groups excluding carboxylic acids is 1. The van der Waals surface area contributed by atoms with Crippen LogP contribution in [0, 0.1) is 5.95 Å². The topological polar surface area (TPSA) is 94.4 Å². The molecule has 24 heavy (non-hydrogen) atoms. The molecule has 4 N–H and O–H groups in total. The number of hydrogen-bond acceptors (Lipinski definition) is 2. The molecule has 0 aliphatic heterocycles. The molecule has 5 nitrogen and oxygen atoms in total. The molecule has 3 aromatic rings. The summed E-state index contributed by atoms with van der Waals surface area (Å²) in [7, 11) is 0. The summed E-state index contributed by atoms with van der Waals surface area (Å²) in [5, 5.41) is 1.81. The Kier molecular flexibility index (Phi) is 4.14. The molecule has 7 heteroatoms. The first-order valence-corrected chi connectivity index (χ1v) is 7.31. The number of amides is 1. The summed E-state index contributed by atoms with van der Waals surface area (Å²) < 4.78 is 14.1. The molecule has 1 aromatic heterocycles. The number of benzene rings is 2. The van der Waals surface area contributed by atoms with E-state index in [-0.39, 0.29) is 11.5 Å². The van der Waals surface area contributed by atoms with Crippen LogP contribution in [0.15, 0.2) is 53.7 Å². The SMILES string of the molecule is NC(N)=NC(=O)c1ccc2cccc(-c3cc(Cl)cnc3F)c2c1. The Labute approximate surface area is 141 Å². The molecule has 0 atom stereocenters. The molecular weight excluding hydrogens is 331 g/mol. The fourth-order valence-electron chi connectivity index (χ4n) is 2.43. The van der Waals surface area contributed by atoms with Crippen molar-refractivity contribution in [1.29, 1.82) is 0 Å². The zero-order valence-electron chi connectivity index (χ0n) is 12.3. The predicted octanol–water partition coefficient (Wildman–Crippen LogP) is 3.11. The van der Waals surface area contributed by atoms with Crippen molar-refractivity contribution in [2.24, 2.45) is 16.5 Å². The normalized spacial score (nSPS) is 10.6. The minimum atomic E-state index is -0.646. The molecule has 0 radical (unpaired) electrons. The van der Waals surface area contributed by atoms with Crippen LogP contribution in [0.3, 0.4) is 0 Å². The van der Waals surface area contributed by atoms with E-state index in [0.717, 1.165) is 5.39 Å². The number of halogens is 2. The number of hydrogen-bond donors (Lipinski definition) is 2. The molecular formula is C17H12ClFN4O. The summed E-state index contributed by atoms with van der Waals surface area (Å²) >= 11 is 5.93. The number of nitrogens with zero attached hydrogens (tertiary/aromatic N) is 2. The van der Waals surface area contributed by atoms with Crippen molar-refractivity contribution < 1.29 is 9.18 Å². The van der Waals surface area contributed by atoms with E-state index in [9.17, 15) is 9.18 Å². The molecule has 0 aliphatic rings. The van der Waals surface area contributed by atoms with Crippen LogP contribution in [0.2, 0.25) is 5.02 Å². The van der Waals surface area contributed by atoms with Crippen LogP contribution in [-0.2, 0) is 0 Å². The monoisotopic (exact) mass is 342 g/mol. The number of rotatable bonds is 2. The average molecular weight is 343 g/mol. The Balaban J connectivity index is 2.24. The van der Waals surface area contributed by atoms with Gasteiger partial charge in [0, 0.05) is 17.3 Å². The Hall–Kier alpha value is -2.99. The quantitative estimate of drug-likeness (QED) is 0.425. The zero-order valence-corrected chi connectivity index (χ0v) is 13.1. The van der Waals surface area contributed by atoms with Gasteiger partial charge in [0.05, 0.1) is 5.02 Å². The minimum Gasteiger partial charge on any atom is -0.370 e. The van der Waals surface area contributed by atoms with Gasteiger partial charge in [-0.05, 0) is 34.5 Å². The summed E-state index contributed by atoms with van der Waals surface area (Å²) in [5.41, 5.74) is 11.6. The third kappa shape index (κ3) is 3.04. The number of carbonyl (C=O) groups is 1. The highest BCUT2D eigenvalue weighted by atomic mass is 35.5. The van der Waals surface area contributed by atoms with E-state index in [0.29, 0.717) is 21.5 Å². The van der Waals surface area contributed by atoms with Crippen molar-refractivity contribution in [2.75, 3.05) is 0 Å². The van der Waals surface area contributed by atoms with Crippen molar-refractivity contribution in [3.63, 3.8) is 0 Å². The number of nitrogens with two attached hydrogens (primary N) is 2. The first kappa shape index (κ1) is 15.9. The van der Waals surface area contributed by atoms with E-state index in [4.69, 9.17) is 23.1 Å². The summed E-state index contributed by atoms with van der Waals surface area (Å²) in [5.74, 6) is -1.54. The van der Waals surface area contributed by atoms with Gasteiger partial charge in [-0.3, -0.25) is 4.79 Å². The van der Waals surface area contributed by atoms with Crippen LogP contribution < -0.4 is 11.5 Å². The fourth-order valence-corrected chi connectivity index (χ4v) is 2.59. The van der Waals surface area contributed by atoms with Gasteiger partial charge in [-0.1, -0.05) is 35.9 Å². The molecule has 120 valence electrons. The van der Waals surface area contributed by atoms with Crippen LogP contribution >= 0.6 is 11.6 Å². The summed E-state index contributed by atoms with van der Waals surface area (Å²) in [6.07, 6.45) is 1.24. The molecule has 0 spiro atoms. The van der Waals surface area contributed by atoms with E-state index in [1.54, 1.807) is 30.3 Å². The largest absolute Gasteiger partial charge is 0.370 e. The van der Waals surface area contributed by atoms with E-state index in [2.05, 4.69) is 9.98 Å². The van der Waals surface area contributed by atoms with Gasteiger partial charge in [-0.15, -0.1) is 0 Å². The number of aromatic nitrogens is 1. The summed E-state index contributed by atoms with van der Waals surface area (Å²) in [4.78, 5) is 19.2. The predicted molar refractivity (Wildman–Crippen MR) is 92.3 cm³/mol. The molecule has 0 aliphatic carbocycles. The van der Waals surface area contributed by atoms with E-state index in [1.165, 1.54) is 12.3 Å². The third-order valence-corrected chi connectivity index (χ3v) is 3.66. The lowest BCUT2D eigenvalue weighted by atomic mass is 9.97. The smallest absolute Gasteiger partial charge is 0.280 e. The van der Waals surface area contributed by atoms with Gasteiger partial charge in [0.2, 0.25) is 5.95 Å². The molecule has 0 saturated heterocycles. The number of guanidine groups is 1. The molecule has 1 amide bonds. The highest BCUT2D eigenvalue weighted by molar-refractivity contribution is 6.30. The third-order valence-electron chi connectivity index (χ3n) is 3.46. The van der Waals surface area contributed by atoms with Gasteiger partial charge >= 0.3 is 0 Å². The van der Waals surface area contributed by atoms with Crippen LogP contribution in [0.25, 0.3) is 21.9 Å². The van der Waals surface area contributed by atoms with Crippen LogP contribution in [0.4, 0.5) is 4.39 Å². The average Bonchev–Trinajstić information content (AvgIpc) is 2.55. The van der Waals surface area contributed by atoms with Crippen LogP contribution in [0.5, 0.6) is 0 Å². The Morgan fingerprint density at radius 2 is 1.92 bits per heavy atom. The van der Waals surface area contributed by atoms with E-state index in [1.807, 2.05) is 6.07 Å². The Morgan fingerprint density at radius 1 is 1.12 bits per heavy atom. The highest BCUT2D eigenvalue weighted by Gasteiger charge is 2.13. The molecule has 1 heterocycles. The van der Waals surface area contributed by atoms with Crippen molar-refractivity contribution in [3.8, 4) is 11.1 Å². The maximum Gasteiger partial charge on any atom is 0.280 e. The number of pyridine rings is 1. The first-order valence-electron chi connectivity index (χ1n) is 6.94. The van der Waals surface area contributed by atoms with Gasteiger partial charge in [0.1, 0.15) is 0 Å². The van der Waals surface area contributed by atoms with Crippen molar-refractivity contribution in [2.45, 2.75) is 0 Å². The van der Waals surface area contributed by atoms with Crippen molar-refractivity contribution in [3.05, 3.63) is 65.2 Å². The van der Waals surface area contributed by atoms with Gasteiger partial charge in [-0.2, -0.15) is 9.38 Å². The lowest BCUT2D eigenvalue weighted by Gasteiger charge is -2.09. The van der Waals surface area contributed by atoms with Crippen LogP contribution in [0.1, 0.15) is 10.4 Å². The van der Waals surface area contributed by atoms with E-state index >= 15 is 0 Å². The van der Waals surface area contributed by atoms with Gasteiger partial charge < -0.3 is 11.5 Å². The first-order chi connectivity index (χ1) is 11.5. The Bertz CT molecular complexity index is 983. The van der Waals surface area contributed by atoms with Gasteiger partial charge in [0.25, 0.3) is 5.91 Å². The molecule has 0 saturated carbocycles. The highest BCUT2D eigenvalue weighted by Crippen LogP contribution is 2.32. The number of aliphatic imine (C=N–C) groups is 1. The minimum absolute atomic E-state index is 0.250. The lowest BCUT2D eigenvalue weighted by molar-refractivity contribution is 0.100. The van der Waals surface area contributed by atoms with E-state index < -0.39 is 11.9 Å². The van der Waals surface area contributed by atoms with Crippen LogP contribution in [-0.4, -0.2) is 16.9 Å². The maximum atomic E-state index is 14.1. The molecule has 0 fully saturated rings. The number of fused-ring (bicyclic) bond motifs is 1. The summed E-state index contributed by atoms with van der Waals surface area (Å²) in [6.45, 7) is 0. The molecule has 0 unspecified atom stereocenters. The van der Waals surface area contributed by atoms with Gasteiger partial charge in [0.15, 0.2) is 5.96 Å². The second-order valence-electron chi connectivity index (χ2n) is 5.08.